The van der Waals surface area contributed by atoms with Crippen LogP contribution < -0.4 is 4.90 Å². The van der Waals surface area contributed by atoms with Crippen LogP contribution in [0, 0.1) is 5.41 Å². The van der Waals surface area contributed by atoms with Crippen LogP contribution in [0.2, 0.25) is 0 Å². The molecule has 0 fully saturated rings. The summed E-state index contributed by atoms with van der Waals surface area (Å²) in [7, 11) is 1.87. The molecule has 1 N–H and O–H groups in total. The van der Waals surface area contributed by atoms with Gasteiger partial charge in [-0.25, -0.2) is 0 Å². The van der Waals surface area contributed by atoms with Gasteiger partial charge in [0.2, 0.25) is 0 Å². The molecule has 1 aromatic carbocycles. The van der Waals surface area contributed by atoms with Gasteiger partial charge in [-0.05, 0) is 55.9 Å². The van der Waals surface area contributed by atoms with Crippen molar-refractivity contribution in [3.63, 3.8) is 0 Å². The maximum atomic E-state index is 11.8. The van der Waals surface area contributed by atoms with Gasteiger partial charge in [0.05, 0.1) is 6.04 Å². The van der Waals surface area contributed by atoms with Gasteiger partial charge in [0.25, 0.3) is 0 Å². The Kier molecular flexibility index (Phi) is 10.9. The molecule has 1 aromatic rings. The molecule has 0 radical (unpaired) electrons. The monoisotopic (exact) mass is 392 g/mol. The third-order valence-corrected chi connectivity index (χ3v) is 4.73. The van der Waals surface area contributed by atoms with E-state index in [9.17, 15) is 9.59 Å². The van der Waals surface area contributed by atoms with Crippen molar-refractivity contribution >= 4 is 30.0 Å². The molecule has 1 rings (SSSR count). The summed E-state index contributed by atoms with van der Waals surface area (Å²) in [5.74, 6) is 0. The maximum Gasteiger partial charge on any atom is 0.150 e. The smallest absolute Gasteiger partial charge is 0.150 e. The second-order valence-electron chi connectivity index (χ2n) is 6.81. The first kappa shape index (κ1) is 24.0. The lowest BCUT2D eigenvalue weighted by molar-refractivity contribution is -0.109. The lowest BCUT2D eigenvalue weighted by atomic mass is 9.96. The van der Waals surface area contributed by atoms with Gasteiger partial charge in [0, 0.05) is 30.1 Å². The Balaban J connectivity index is 3.48. The molecule has 29 heavy (non-hydrogen) atoms. The zero-order valence-corrected chi connectivity index (χ0v) is 17.7. The number of hydrogen-bond acceptors (Lipinski definition) is 4. The molecule has 0 aliphatic rings. The normalized spacial score (nSPS) is 13.2. The van der Waals surface area contributed by atoms with Crippen molar-refractivity contribution in [2.45, 2.75) is 45.6 Å². The van der Waals surface area contributed by atoms with Crippen molar-refractivity contribution in [2.75, 3.05) is 11.9 Å². The molecular formula is C25H32N2O2. The summed E-state index contributed by atoms with van der Waals surface area (Å²) in [6, 6.07) is 5.63. The molecule has 1 atom stereocenters. The van der Waals surface area contributed by atoms with E-state index in [2.05, 4.69) is 6.58 Å². The minimum absolute atomic E-state index is 0.302. The highest BCUT2D eigenvalue weighted by molar-refractivity contribution is 6.10. The van der Waals surface area contributed by atoms with Gasteiger partial charge in [-0.1, -0.05) is 43.4 Å². The number of benzene rings is 1. The Morgan fingerprint density at radius 1 is 1.31 bits per heavy atom. The average molecular weight is 393 g/mol. The molecule has 154 valence electrons. The van der Waals surface area contributed by atoms with E-state index >= 15 is 0 Å². The Morgan fingerprint density at radius 2 is 2.07 bits per heavy atom. The SMILES string of the molecule is C=CCCC(C=O)N(C)c1ccc(C/C(C=N)=C/CC)cc1/C(C=O)=C\C=C/C. The fraction of sp³-hybridized carbons (Fsp3) is 0.320. The van der Waals surface area contributed by atoms with Gasteiger partial charge in [0.1, 0.15) is 6.29 Å². The fourth-order valence-corrected chi connectivity index (χ4v) is 3.12. The molecule has 0 amide bonds. The van der Waals surface area contributed by atoms with Crippen LogP contribution in [0.3, 0.4) is 0 Å². The number of hydrogen-bond donors (Lipinski definition) is 1. The molecule has 4 nitrogen and oxygen atoms in total. The lowest BCUT2D eigenvalue weighted by Crippen LogP contribution is -2.33. The Labute approximate surface area is 174 Å². The molecule has 1 unspecified atom stereocenters. The van der Waals surface area contributed by atoms with E-state index in [-0.39, 0.29) is 6.04 Å². The van der Waals surface area contributed by atoms with Crippen molar-refractivity contribution in [3.8, 4) is 0 Å². The van der Waals surface area contributed by atoms with Gasteiger partial charge in [-0.2, -0.15) is 0 Å². The van der Waals surface area contributed by atoms with Gasteiger partial charge in [-0.15, -0.1) is 6.58 Å². The van der Waals surface area contributed by atoms with E-state index < -0.39 is 0 Å². The molecule has 0 aliphatic carbocycles. The zero-order valence-electron chi connectivity index (χ0n) is 17.7. The minimum Gasteiger partial charge on any atom is -0.364 e. The van der Waals surface area contributed by atoms with E-state index in [4.69, 9.17) is 5.41 Å². The van der Waals surface area contributed by atoms with E-state index in [0.717, 1.165) is 47.8 Å². The highest BCUT2D eigenvalue weighted by Gasteiger charge is 2.19. The Bertz CT molecular complexity index is 803. The molecule has 0 saturated heterocycles. The van der Waals surface area contributed by atoms with E-state index in [0.29, 0.717) is 18.4 Å². The van der Waals surface area contributed by atoms with Crippen molar-refractivity contribution in [2.24, 2.45) is 0 Å². The summed E-state index contributed by atoms with van der Waals surface area (Å²) in [5, 5.41) is 7.61. The van der Waals surface area contributed by atoms with Crippen LogP contribution in [0.15, 0.2) is 60.7 Å². The molecule has 0 aliphatic heterocycles. The third kappa shape index (κ3) is 7.15. The first-order valence-corrected chi connectivity index (χ1v) is 9.96. The summed E-state index contributed by atoms with van der Waals surface area (Å²) in [4.78, 5) is 25.4. The molecule has 0 spiro atoms. The van der Waals surface area contributed by atoms with E-state index in [1.54, 1.807) is 12.2 Å². The minimum atomic E-state index is -0.302. The van der Waals surface area contributed by atoms with Gasteiger partial charge >= 0.3 is 0 Å². The van der Waals surface area contributed by atoms with Crippen LogP contribution in [0.5, 0.6) is 0 Å². The molecule has 0 saturated carbocycles. The lowest BCUT2D eigenvalue weighted by Gasteiger charge is -2.28. The van der Waals surface area contributed by atoms with E-state index in [1.165, 1.54) is 6.21 Å². The van der Waals surface area contributed by atoms with Crippen LogP contribution >= 0.6 is 0 Å². The van der Waals surface area contributed by atoms with Crippen molar-refractivity contribution in [3.05, 3.63) is 71.9 Å². The number of nitrogens with one attached hydrogen (secondary N) is 1. The number of nitrogens with zero attached hydrogens (tertiary/aromatic N) is 1. The maximum absolute atomic E-state index is 11.8. The molecule has 0 heterocycles. The zero-order chi connectivity index (χ0) is 21.6. The topological polar surface area (TPSA) is 61.2 Å². The van der Waals surface area contributed by atoms with Crippen LogP contribution in [-0.2, 0) is 16.0 Å². The summed E-state index contributed by atoms with van der Waals surface area (Å²) < 4.78 is 0. The predicted octanol–water partition coefficient (Wildman–Crippen LogP) is 5.34. The summed E-state index contributed by atoms with van der Waals surface area (Å²) in [6.45, 7) is 7.67. The number of anilines is 1. The number of aldehydes is 2. The fourth-order valence-electron chi connectivity index (χ4n) is 3.12. The summed E-state index contributed by atoms with van der Waals surface area (Å²) >= 11 is 0. The number of carbonyl (C=O) groups excluding carboxylic acids is 2. The first-order valence-electron chi connectivity index (χ1n) is 9.96. The molecule has 4 heteroatoms. The highest BCUT2D eigenvalue weighted by Crippen LogP contribution is 2.30. The summed E-state index contributed by atoms with van der Waals surface area (Å²) in [5.41, 5.74) is 4.11. The Hall–Kier alpha value is -3.01. The second-order valence-corrected chi connectivity index (χ2v) is 6.81. The standard InChI is InChI=1S/C25H32N2O2/c1-5-8-11-22(18-28)24-16-20(15-21(17-26)10-7-3)13-14-25(24)27(4)23(19-29)12-9-6-2/h5-6,8,10-11,13-14,16-19,23,26H,2,7,9,12,15H2,1,3-4H3/b8-5-,21-10-,22-11-,26-17?. The van der Waals surface area contributed by atoms with Crippen LogP contribution in [-0.4, -0.2) is 31.9 Å². The van der Waals surface area contributed by atoms with Crippen molar-refractivity contribution in [1.82, 2.24) is 0 Å². The third-order valence-electron chi connectivity index (χ3n) is 4.73. The van der Waals surface area contributed by atoms with Crippen LogP contribution in [0.1, 0.15) is 44.2 Å². The molecular weight excluding hydrogens is 360 g/mol. The van der Waals surface area contributed by atoms with Gasteiger partial charge < -0.3 is 15.1 Å². The summed E-state index contributed by atoms with van der Waals surface area (Å²) in [6.07, 6.45) is 15.3. The Morgan fingerprint density at radius 3 is 2.62 bits per heavy atom. The van der Waals surface area contributed by atoms with Crippen LogP contribution in [0.25, 0.3) is 5.57 Å². The van der Waals surface area contributed by atoms with Crippen molar-refractivity contribution in [1.29, 1.82) is 5.41 Å². The van der Waals surface area contributed by atoms with Crippen LogP contribution in [0.4, 0.5) is 5.69 Å². The van der Waals surface area contributed by atoms with Gasteiger partial charge in [-0.3, -0.25) is 4.79 Å². The number of carbonyl (C=O) groups is 2. The number of rotatable bonds is 13. The van der Waals surface area contributed by atoms with Gasteiger partial charge in [0.15, 0.2) is 6.29 Å². The first-order chi connectivity index (χ1) is 14.1. The molecule has 0 aromatic heterocycles. The number of allylic oxidation sites excluding steroid dienone is 7. The second kappa shape index (κ2) is 13.2. The average Bonchev–Trinajstić information content (AvgIpc) is 2.74. The predicted molar refractivity (Wildman–Crippen MR) is 124 cm³/mol. The highest BCUT2D eigenvalue weighted by atomic mass is 16.1. The number of likely N-dealkylation sites (N-methyl/N-ethyl adjacent to an activating group) is 1. The quantitative estimate of drug-likeness (QED) is 0.162. The van der Waals surface area contributed by atoms with Crippen molar-refractivity contribution < 1.29 is 9.59 Å². The van der Waals surface area contributed by atoms with E-state index in [1.807, 2.05) is 62.2 Å². The molecule has 0 bridgehead atoms. The largest absolute Gasteiger partial charge is 0.364 e.